The van der Waals surface area contributed by atoms with Crippen molar-refractivity contribution in [1.82, 2.24) is 0 Å². The van der Waals surface area contributed by atoms with Gasteiger partial charge in [0.15, 0.2) is 45.9 Å². The minimum Gasteiger partial charge on any atom is -0.487 e. The number of hydrogen-bond donors (Lipinski definition) is 0. The van der Waals surface area contributed by atoms with Crippen molar-refractivity contribution < 1.29 is 40.2 Å². The lowest BCUT2D eigenvalue weighted by atomic mass is 9.94. The van der Waals surface area contributed by atoms with Crippen LogP contribution in [-0.4, -0.2) is 12.2 Å². The summed E-state index contributed by atoms with van der Waals surface area (Å²) < 4.78 is 102. The van der Waals surface area contributed by atoms with Crippen molar-refractivity contribution in [3.63, 3.8) is 0 Å². The molecular weight excluding hydrogens is 582 g/mol. The van der Waals surface area contributed by atoms with Gasteiger partial charge < -0.3 is 13.9 Å². The first-order chi connectivity index (χ1) is 20.9. The van der Waals surface area contributed by atoms with Gasteiger partial charge in [0.25, 0.3) is 0 Å². The number of furan rings is 1. The van der Waals surface area contributed by atoms with Crippen LogP contribution in [0.3, 0.4) is 0 Å². The third-order valence-corrected chi connectivity index (χ3v) is 8.36. The van der Waals surface area contributed by atoms with Gasteiger partial charge in [-0.05, 0) is 98.9 Å². The predicted octanol–water partition coefficient (Wildman–Crippen LogP) is 9.74. The molecule has 0 bridgehead atoms. The highest BCUT2D eigenvalue weighted by molar-refractivity contribution is 6.05. The number of ether oxygens (including phenoxy) is 2. The molecule has 0 N–H and O–H groups in total. The number of rotatable bonds is 2. The molecule has 1 aromatic heterocycles. The molecule has 0 amide bonds. The van der Waals surface area contributed by atoms with Crippen molar-refractivity contribution in [2.24, 2.45) is 0 Å². The van der Waals surface area contributed by atoms with E-state index in [0.717, 1.165) is 0 Å². The molecule has 2 aliphatic rings. The average molecular weight is 613 g/mol. The van der Waals surface area contributed by atoms with Crippen molar-refractivity contribution in [1.29, 1.82) is 0 Å². The fourth-order valence-corrected chi connectivity index (χ4v) is 5.80. The molecule has 0 saturated heterocycles. The molecule has 7 rings (SSSR count). The number of fused-ring (bicyclic) bond motifs is 5. The number of halogens is 6. The Bertz CT molecular complexity index is 1790. The molecule has 2 aliphatic heterocycles. The van der Waals surface area contributed by atoms with Crippen molar-refractivity contribution in [2.45, 2.75) is 72.0 Å². The van der Waals surface area contributed by atoms with Crippen LogP contribution < -0.4 is 9.47 Å². The van der Waals surface area contributed by atoms with Crippen LogP contribution in [0, 0.1) is 48.8 Å². The molecule has 44 heavy (non-hydrogen) atoms. The van der Waals surface area contributed by atoms with Crippen molar-refractivity contribution in [2.75, 3.05) is 0 Å². The van der Waals surface area contributed by atoms with Crippen LogP contribution in [0.2, 0.25) is 0 Å². The third-order valence-electron chi connectivity index (χ3n) is 8.36. The van der Waals surface area contributed by atoms with Gasteiger partial charge in [-0.3, -0.25) is 0 Å². The van der Waals surface area contributed by atoms with Gasteiger partial charge in [-0.25, -0.2) is 17.6 Å². The summed E-state index contributed by atoms with van der Waals surface area (Å²) >= 11 is 0. The van der Waals surface area contributed by atoms with Crippen LogP contribution in [0.15, 0.2) is 40.8 Å². The Morgan fingerprint density at radius 1 is 0.591 bits per heavy atom. The van der Waals surface area contributed by atoms with E-state index in [4.69, 9.17) is 13.9 Å². The Morgan fingerprint density at radius 2 is 1.00 bits per heavy atom. The molecule has 3 nitrogen and oxygen atoms in total. The van der Waals surface area contributed by atoms with Crippen LogP contribution in [0.4, 0.5) is 26.3 Å². The van der Waals surface area contributed by atoms with Crippen molar-refractivity contribution >= 4 is 21.9 Å². The molecule has 0 saturated carbocycles. The number of hydrogen-bond acceptors (Lipinski definition) is 3. The minimum atomic E-state index is -1.08. The maximum atomic E-state index is 14.5. The molecule has 2 unspecified atom stereocenters. The zero-order valence-electron chi connectivity index (χ0n) is 24.6. The van der Waals surface area contributed by atoms with Crippen molar-refractivity contribution in [3.05, 3.63) is 105 Å². The quantitative estimate of drug-likeness (QED) is 0.186. The summed E-state index contributed by atoms with van der Waals surface area (Å²) in [4.78, 5) is 0. The van der Waals surface area contributed by atoms with Gasteiger partial charge in [0.05, 0.1) is 12.2 Å². The fourth-order valence-electron chi connectivity index (χ4n) is 5.80. The van der Waals surface area contributed by atoms with Crippen molar-refractivity contribution in [3.8, 4) is 11.5 Å². The van der Waals surface area contributed by atoms with E-state index in [2.05, 4.69) is 0 Å². The summed E-state index contributed by atoms with van der Waals surface area (Å²) in [5.74, 6) is -5.28. The Hall–Kier alpha value is -4.14. The first kappa shape index (κ1) is 29.9. The molecule has 230 valence electrons. The lowest BCUT2D eigenvalue weighted by molar-refractivity contribution is 0.180. The SMILES string of the molecule is CC1CCc2cc(Cc3cc4c(c(F)c3F)OC(C)CC4)c(F)c(F)c2O1.Cc1ccc2c(oc3c(F)c(C)ccc32)c1F. The smallest absolute Gasteiger partial charge is 0.201 e. The Labute approximate surface area is 250 Å². The van der Waals surface area contributed by atoms with Gasteiger partial charge in [0, 0.05) is 17.2 Å². The van der Waals surface area contributed by atoms with Gasteiger partial charge in [-0.15, -0.1) is 0 Å². The Morgan fingerprint density at radius 3 is 1.41 bits per heavy atom. The lowest BCUT2D eigenvalue weighted by Crippen LogP contribution is -2.21. The third kappa shape index (κ3) is 5.16. The van der Waals surface area contributed by atoms with E-state index in [9.17, 15) is 26.3 Å². The fraction of sp³-hybridized carbons (Fsp3) is 0.314. The highest BCUT2D eigenvalue weighted by Crippen LogP contribution is 2.38. The van der Waals surface area contributed by atoms with E-state index in [1.165, 1.54) is 12.1 Å². The molecule has 2 atom stereocenters. The Kier molecular flexibility index (Phi) is 7.76. The van der Waals surface area contributed by atoms with E-state index < -0.39 is 34.9 Å². The molecule has 0 spiro atoms. The largest absolute Gasteiger partial charge is 0.487 e. The second-order valence-electron chi connectivity index (χ2n) is 11.7. The molecule has 0 fully saturated rings. The standard InChI is InChI=1S/C21H20F4O2.C14H10F2O/c1-10-3-5-12-7-14(16(22)18(24)20(12)26-10)9-15-8-13-6-4-11(2)27-21(13)19(25)17(15)23;1-7-3-5-9-10-6-4-8(2)12(16)14(10)17-13(9)11(7)15/h7-8,10-11H,3-6,9H2,1-2H3;3-6H,1-2H3. The molecule has 3 heterocycles. The highest BCUT2D eigenvalue weighted by atomic mass is 19.2. The summed E-state index contributed by atoms with van der Waals surface area (Å²) in [6.45, 7) is 6.90. The second-order valence-corrected chi connectivity index (χ2v) is 11.7. The zero-order valence-corrected chi connectivity index (χ0v) is 24.6. The molecular formula is C35H30F6O3. The van der Waals surface area contributed by atoms with E-state index in [1.54, 1.807) is 52.0 Å². The van der Waals surface area contributed by atoms with Crippen LogP contribution in [0.5, 0.6) is 11.5 Å². The van der Waals surface area contributed by atoms with Crippen LogP contribution >= 0.6 is 0 Å². The lowest BCUT2D eigenvalue weighted by Gasteiger charge is -2.26. The maximum absolute atomic E-state index is 14.5. The van der Waals surface area contributed by atoms with Gasteiger partial charge in [0.2, 0.25) is 11.6 Å². The molecule has 5 aromatic rings. The second kappa shape index (κ2) is 11.4. The summed E-state index contributed by atoms with van der Waals surface area (Å²) in [5.41, 5.74) is 2.34. The number of benzene rings is 4. The first-order valence-electron chi connectivity index (χ1n) is 14.5. The molecule has 4 aromatic carbocycles. The molecule has 0 radical (unpaired) electrons. The van der Waals surface area contributed by atoms with Gasteiger partial charge in [-0.2, -0.15) is 8.78 Å². The topological polar surface area (TPSA) is 31.6 Å². The summed E-state index contributed by atoms with van der Waals surface area (Å²) in [7, 11) is 0. The maximum Gasteiger partial charge on any atom is 0.201 e. The van der Waals surface area contributed by atoms with Gasteiger partial charge in [0.1, 0.15) is 0 Å². The zero-order chi connectivity index (χ0) is 31.4. The first-order valence-corrected chi connectivity index (χ1v) is 14.5. The number of aryl methyl sites for hydroxylation is 4. The summed E-state index contributed by atoms with van der Waals surface area (Å²) in [5, 5.41) is 1.23. The average Bonchev–Trinajstić information content (AvgIpc) is 3.39. The van der Waals surface area contributed by atoms with E-state index >= 15 is 0 Å². The summed E-state index contributed by atoms with van der Waals surface area (Å²) in [6.07, 6.45) is 1.86. The monoisotopic (exact) mass is 612 g/mol. The normalized spacial score (nSPS) is 17.4. The van der Waals surface area contributed by atoms with E-state index in [1.807, 2.05) is 0 Å². The minimum absolute atomic E-state index is 0.00671. The van der Waals surface area contributed by atoms with E-state index in [-0.39, 0.29) is 52.4 Å². The predicted molar refractivity (Wildman–Crippen MR) is 155 cm³/mol. The molecule has 0 aliphatic carbocycles. The summed E-state index contributed by atoms with van der Waals surface area (Å²) in [6, 6.07) is 9.85. The highest BCUT2D eigenvalue weighted by Gasteiger charge is 2.28. The van der Waals surface area contributed by atoms with Crippen LogP contribution in [0.1, 0.15) is 60.1 Å². The van der Waals surface area contributed by atoms with Gasteiger partial charge >= 0.3 is 0 Å². The Balaban J connectivity index is 0.000000173. The van der Waals surface area contributed by atoms with E-state index in [0.29, 0.717) is 58.7 Å². The van der Waals surface area contributed by atoms with Gasteiger partial charge in [-0.1, -0.05) is 24.3 Å². The molecule has 9 heteroatoms. The van der Waals surface area contributed by atoms with Crippen LogP contribution in [0.25, 0.3) is 21.9 Å². The van der Waals surface area contributed by atoms with Crippen LogP contribution in [-0.2, 0) is 19.3 Å².